The topological polar surface area (TPSA) is 121 Å². The number of carbonyl (C=O) groups is 2. The van der Waals surface area contributed by atoms with Crippen LogP contribution in [0.2, 0.25) is 0 Å². The Morgan fingerprint density at radius 2 is 1.59 bits per heavy atom. The Morgan fingerprint density at radius 1 is 0.864 bits per heavy atom. The highest BCUT2D eigenvalue weighted by Crippen LogP contribution is 2.30. The average Bonchev–Trinajstić information content (AvgIpc) is 3.06. The van der Waals surface area contributed by atoms with Crippen molar-refractivity contribution in [2.24, 2.45) is 11.8 Å². The lowest BCUT2D eigenvalue weighted by atomic mass is 9.81. The number of anilines is 1. The van der Waals surface area contributed by atoms with Crippen molar-refractivity contribution in [1.29, 1.82) is 0 Å². The zero-order valence-electron chi connectivity index (χ0n) is 25.1. The first-order valence-corrected chi connectivity index (χ1v) is 14.9. The van der Waals surface area contributed by atoms with Crippen molar-refractivity contribution in [3.05, 3.63) is 99.2 Å². The van der Waals surface area contributed by atoms with E-state index >= 15 is 0 Å². The molecule has 5 rings (SSSR count). The van der Waals surface area contributed by atoms with Gasteiger partial charge in [0, 0.05) is 25.1 Å². The molecule has 44 heavy (non-hydrogen) atoms. The Bertz CT molecular complexity index is 1740. The SMILES string of the molecule is COc1ccc(NC(=O)Cn2c(=O)n(CC3CCC(C(=O)NCCc4ccccc4)CC3)c(=O)c3ccccc32)c(OC)c1. The van der Waals surface area contributed by atoms with E-state index in [1.54, 1.807) is 42.5 Å². The van der Waals surface area contributed by atoms with Crippen LogP contribution in [0.5, 0.6) is 11.5 Å². The summed E-state index contributed by atoms with van der Waals surface area (Å²) in [6.07, 6.45) is 3.64. The fourth-order valence-corrected chi connectivity index (χ4v) is 5.90. The van der Waals surface area contributed by atoms with Gasteiger partial charge < -0.3 is 20.1 Å². The third kappa shape index (κ3) is 7.02. The van der Waals surface area contributed by atoms with E-state index < -0.39 is 11.6 Å². The quantitative estimate of drug-likeness (QED) is 0.270. The van der Waals surface area contributed by atoms with Gasteiger partial charge >= 0.3 is 5.69 Å². The predicted octanol–water partition coefficient (Wildman–Crippen LogP) is 3.98. The van der Waals surface area contributed by atoms with Gasteiger partial charge in [-0.2, -0.15) is 0 Å². The maximum atomic E-state index is 13.7. The first-order chi connectivity index (χ1) is 21.4. The molecule has 0 spiro atoms. The van der Waals surface area contributed by atoms with E-state index in [2.05, 4.69) is 10.6 Å². The van der Waals surface area contributed by atoms with E-state index in [0.717, 1.165) is 19.3 Å². The average molecular weight is 599 g/mol. The number of nitrogens with one attached hydrogen (secondary N) is 2. The summed E-state index contributed by atoms with van der Waals surface area (Å²) in [5.74, 6) is 0.604. The zero-order valence-corrected chi connectivity index (χ0v) is 25.1. The largest absolute Gasteiger partial charge is 0.497 e. The Morgan fingerprint density at radius 3 is 2.32 bits per heavy atom. The number of amides is 2. The number of ether oxygens (including phenoxy) is 2. The molecule has 230 valence electrons. The normalized spacial score (nSPS) is 16.3. The molecule has 1 saturated carbocycles. The monoisotopic (exact) mass is 598 g/mol. The van der Waals surface area contributed by atoms with Crippen LogP contribution in [0.15, 0.2) is 82.4 Å². The van der Waals surface area contributed by atoms with Crippen molar-refractivity contribution >= 4 is 28.4 Å². The van der Waals surface area contributed by atoms with Gasteiger partial charge in [0.15, 0.2) is 0 Å². The molecular weight excluding hydrogens is 560 g/mol. The van der Waals surface area contributed by atoms with Crippen LogP contribution in [0.4, 0.5) is 5.69 Å². The van der Waals surface area contributed by atoms with Gasteiger partial charge in [-0.25, -0.2) is 4.79 Å². The minimum absolute atomic E-state index is 0.0594. The van der Waals surface area contributed by atoms with Crippen LogP contribution >= 0.6 is 0 Å². The molecule has 1 aromatic heterocycles. The van der Waals surface area contributed by atoms with Crippen molar-refractivity contribution in [2.75, 3.05) is 26.1 Å². The molecule has 0 saturated heterocycles. The first kappa shape index (κ1) is 30.6. The van der Waals surface area contributed by atoms with Crippen molar-refractivity contribution < 1.29 is 19.1 Å². The molecule has 2 amide bonds. The van der Waals surface area contributed by atoms with E-state index in [-0.39, 0.29) is 36.4 Å². The van der Waals surface area contributed by atoms with Gasteiger partial charge in [-0.15, -0.1) is 0 Å². The minimum atomic E-state index is -0.536. The molecule has 0 radical (unpaired) electrons. The molecule has 3 aromatic carbocycles. The van der Waals surface area contributed by atoms with Gasteiger partial charge in [0.05, 0.1) is 30.8 Å². The van der Waals surface area contributed by atoms with E-state index in [0.29, 0.717) is 47.5 Å². The molecule has 4 aromatic rings. The molecule has 1 fully saturated rings. The summed E-state index contributed by atoms with van der Waals surface area (Å²) in [7, 11) is 3.03. The number of aromatic nitrogens is 2. The lowest BCUT2D eigenvalue weighted by Crippen LogP contribution is -2.43. The molecule has 0 unspecified atom stereocenters. The van der Waals surface area contributed by atoms with Gasteiger partial charge in [-0.3, -0.25) is 23.5 Å². The van der Waals surface area contributed by atoms with Gasteiger partial charge in [0.2, 0.25) is 11.8 Å². The number of methoxy groups -OCH3 is 2. The van der Waals surface area contributed by atoms with Gasteiger partial charge in [0.1, 0.15) is 18.0 Å². The standard InChI is InChI=1S/C34H38N4O6/c1-43-26-16-17-28(30(20-26)44-2)36-31(39)22-37-29-11-7-6-10-27(29)33(41)38(34(37)42)21-24-12-14-25(15-13-24)32(40)35-19-18-23-8-4-3-5-9-23/h3-11,16-17,20,24-25H,12-15,18-19,21-22H2,1-2H3,(H,35,40)(H,36,39). The summed E-state index contributed by atoms with van der Waals surface area (Å²) >= 11 is 0. The Hall–Kier alpha value is -4.86. The van der Waals surface area contributed by atoms with Crippen LogP contribution < -0.4 is 31.4 Å². The highest BCUT2D eigenvalue weighted by atomic mass is 16.5. The molecular formula is C34H38N4O6. The fourth-order valence-electron chi connectivity index (χ4n) is 5.90. The lowest BCUT2D eigenvalue weighted by molar-refractivity contribution is -0.126. The van der Waals surface area contributed by atoms with Crippen molar-refractivity contribution in [1.82, 2.24) is 14.5 Å². The summed E-state index contributed by atoms with van der Waals surface area (Å²) in [5.41, 5.74) is 1.10. The van der Waals surface area contributed by atoms with Crippen molar-refractivity contribution in [3.8, 4) is 11.5 Å². The molecule has 10 heteroatoms. The van der Waals surface area contributed by atoms with Crippen LogP contribution in [0.3, 0.4) is 0 Å². The van der Waals surface area contributed by atoms with Crippen molar-refractivity contribution in [3.63, 3.8) is 0 Å². The molecule has 1 aliphatic carbocycles. The number of hydrogen-bond acceptors (Lipinski definition) is 6. The Labute approximate surface area is 255 Å². The number of para-hydroxylation sites is 1. The third-order valence-electron chi connectivity index (χ3n) is 8.33. The lowest BCUT2D eigenvalue weighted by Gasteiger charge is -2.28. The smallest absolute Gasteiger partial charge is 0.331 e. The Balaban J connectivity index is 1.26. The predicted molar refractivity (Wildman–Crippen MR) is 169 cm³/mol. The fraction of sp³-hybridized carbons (Fsp3) is 0.353. The summed E-state index contributed by atoms with van der Waals surface area (Å²) in [4.78, 5) is 53.1. The molecule has 10 nitrogen and oxygen atoms in total. The second-order valence-corrected chi connectivity index (χ2v) is 11.2. The second kappa shape index (κ2) is 14.1. The minimum Gasteiger partial charge on any atom is -0.497 e. The summed E-state index contributed by atoms with van der Waals surface area (Å²) in [6, 6.07) is 21.9. The molecule has 1 aliphatic rings. The molecule has 0 aliphatic heterocycles. The summed E-state index contributed by atoms with van der Waals surface area (Å²) in [5, 5.41) is 6.23. The summed E-state index contributed by atoms with van der Waals surface area (Å²) in [6.45, 7) is 0.539. The van der Waals surface area contributed by atoms with E-state index in [1.807, 2.05) is 30.3 Å². The maximum absolute atomic E-state index is 13.7. The van der Waals surface area contributed by atoms with Crippen LogP contribution in [0, 0.1) is 11.8 Å². The number of fused-ring (bicyclic) bond motifs is 1. The molecule has 0 atom stereocenters. The first-order valence-electron chi connectivity index (χ1n) is 14.9. The van der Waals surface area contributed by atoms with E-state index in [9.17, 15) is 19.2 Å². The van der Waals surface area contributed by atoms with E-state index in [4.69, 9.17) is 9.47 Å². The molecule has 1 heterocycles. The van der Waals surface area contributed by atoms with Crippen LogP contribution in [-0.4, -0.2) is 41.7 Å². The van der Waals surface area contributed by atoms with Gasteiger partial charge in [-0.05, 0) is 67.9 Å². The summed E-state index contributed by atoms with van der Waals surface area (Å²) < 4.78 is 13.2. The third-order valence-corrected chi connectivity index (χ3v) is 8.33. The van der Waals surface area contributed by atoms with Crippen LogP contribution in [0.25, 0.3) is 10.9 Å². The number of nitrogens with zero attached hydrogens (tertiary/aromatic N) is 2. The number of hydrogen-bond donors (Lipinski definition) is 2. The zero-order chi connectivity index (χ0) is 31.1. The highest BCUT2D eigenvalue weighted by molar-refractivity contribution is 5.93. The van der Waals surface area contributed by atoms with Gasteiger partial charge in [-0.1, -0.05) is 42.5 Å². The second-order valence-electron chi connectivity index (χ2n) is 11.2. The Kier molecular flexibility index (Phi) is 9.79. The van der Waals surface area contributed by atoms with Gasteiger partial charge in [0.25, 0.3) is 5.56 Å². The maximum Gasteiger partial charge on any atom is 0.331 e. The number of benzene rings is 3. The highest BCUT2D eigenvalue weighted by Gasteiger charge is 2.27. The molecule has 0 bridgehead atoms. The van der Waals surface area contributed by atoms with Crippen LogP contribution in [-0.2, 0) is 29.1 Å². The number of rotatable bonds is 11. The molecule has 2 N–H and O–H groups in total. The van der Waals surface area contributed by atoms with E-state index in [1.165, 1.54) is 28.9 Å². The van der Waals surface area contributed by atoms with Crippen LogP contribution in [0.1, 0.15) is 31.2 Å². The number of carbonyl (C=O) groups excluding carboxylic acids is 2. The van der Waals surface area contributed by atoms with Crippen molar-refractivity contribution in [2.45, 2.75) is 45.2 Å².